The Morgan fingerprint density at radius 1 is 1.19 bits per heavy atom. The first-order chi connectivity index (χ1) is 15.6. The van der Waals surface area contributed by atoms with Crippen molar-refractivity contribution < 1.29 is 4.52 Å². The molecule has 0 radical (unpaired) electrons. The molecule has 0 spiro atoms. The second-order valence-electron chi connectivity index (χ2n) is 8.17. The van der Waals surface area contributed by atoms with Gasteiger partial charge in [-0.15, -0.1) is 11.3 Å². The predicted molar refractivity (Wildman–Crippen MR) is 127 cm³/mol. The van der Waals surface area contributed by atoms with Gasteiger partial charge in [-0.1, -0.05) is 29.8 Å². The highest BCUT2D eigenvalue weighted by Crippen LogP contribution is 2.34. The van der Waals surface area contributed by atoms with Crippen molar-refractivity contribution in [1.29, 1.82) is 0 Å². The highest BCUT2D eigenvalue weighted by Gasteiger charge is 2.24. The molecule has 0 amide bonds. The Hall–Kier alpha value is -2.52. The molecule has 9 heteroatoms. The van der Waals surface area contributed by atoms with Crippen molar-refractivity contribution >= 4 is 33.3 Å². The summed E-state index contributed by atoms with van der Waals surface area (Å²) in [6.45, 7) is 4.10. The predicted octanol–water partition coefficient (Wildman–Crippen LogP) is 5.36. The Kier molecular flexibility index (Phi) is 6.10. The molecule has 4 heterocycles. The number of thiophene rings is 1. The maximum Gasteiger partial charge on any atom is 0.263 e. The number of hydrogen-bond donors (Lipinski definition) is 0. The van der Waals surface area contributed by atoms with Crippen molar-refractivity contribution in [3.8, 4) is 11.4 Å². The molecule has 1 saturated carbocycles. The topological polar surface area (TPSA) is 86.7 Å². The molecule has 32 heavy (non-hydrogen) atoms. The summed E-state index contributed by atoms with van der Waals surface area (Å²) in [5.41, 5.74) is 2.10. The number of pyridine rings is 1. The van der Waals surface area contributed by atoms with E-state index in [0.29, 0.717) is 18.1 Å². The zero-order chi connectivity index (χ0) is 22.1. The van der Waals surface area contributed by atoms with Gasteiger partial charge in [0.1, 0.15) is 4.83 Å². The molecule has 0 unspecified atom stereocenters. The summed E-state index contributed by atoms with van der Waals surface area (Å²) < 4.78 is 7.39. The maximum absolute atomic E-state index is 13.4. The maximum atomic E-state index is 13.4. The summed E-state index contributed by atoms with van der Waals surface area (Å²) in [5.74, 6) is 2.04. The molecule has 0 aliphatic heterocycles. The Labute approximate surface area is 194 Å². The first-order valence-electron chi connectivity index (χ1n) is 11.0. The smallest absolute Gasteiger partial charge is 0.263 e. The minimum Gasteiger partial charge on any atom is -0.339 e. The monoisotopic (exact) mass is 467 g/mol. The van der Waals surface area contributed by atoms with Crippen LogP contribution in [0.4, 0.5) is 0 Å². The highest BCUT2D eigenvalue weighted by molar-refractivity contribution is 7.99. The fraction of sp³-hybridized carbons (Fsp3) is 0.435. The van der Waals surface area contributed by atoms with Crippen molar-refractivity contribution in [2.24, 2.45) is 0 Å². The molecule has 0 atom stereocenters. The Morgan fingerprint density at radius 3 is 2.75 bits per heavy atom. The van der Waals surface area contributed by atoms with Crippen molar-refractivity contribution in [3.05, 3.63) is 51.2 Å². The second-order valence-corrected chi connectivity index (χ2v) is 10.4. The van der Waals surface area contributed by atoms with Crippen LogP contribution in [-0.4, -0.2) is 30.4 Å². The van der Waals surface area contributed by atoms with Crippen LogP contribution in [0.15, 0.2) is 39.0 Å². The van der Waals surface area contributed by atoms with E-state index in [1.54, 1.807) is 35.5 Å². The lowest BCUT2D eigenvalue weighted by molar-refractivity contribution is 0.378. The SMILES string of the molecule is Cc1sc2nc(SCCCc3nc(-c4ccncc4)no3)n(C3CCCC3)c(=O)c2c1C. The minimum atomic E-state index is 0.130. The molecule has 5 rings (SSSR count). The van der Waals surface area contributed by atoms with E-state index in [1.807, 2.05) is 23.6 Å². The van der Waals surface area contributed by atoms with Crippen molar-refractivity contribution in [2.45, 2.75) is 63.6 Å². The van der Waals surface area contributed by atoms with E-state index in [0.717, 1.165) is 51.5 Å². The molecule has 1 aliphatic carbocycles. The Morgan fingerprint density at radius 2 is 1.97 bits per heavy atom. The van der Waals surface area contributed by atoms with Crippen LogP contribution in [0.25, 0.3) is 21.6 Å². The lowest BCUT2D eigenvalue weighted by Crippen LogP contribution is -2.26. The Balaban J connectivity index is 1.31. The summed E-state index contributed by atoms with van der Waals surface area (Å²) in [7, 11) is 0. The molecule has 4 aromatic heterocycles. The zero-order valence-corrected chi connectivity index (χ0v) is 19.8. The van der Waals surface area contributed by atoms with E-state index < -0.39 is 0 Å². The highest BCUT2D eigenvalue weighted by atomic mass is 32.2. The fourth-order valence-electron chi connectivity index (χ4n) is 4.24. The van der Waals surface area contributed by atoms with Gasteiger partial charge in [0.15, 0.2) is 5.16 Å². The molecule has 0 bridgehead atoms. The van der Waals surface area contributed by atoms with E-state index in [4.69, 9.17) is 9.51 Å². The van der Waals surface area contributed by atoms with Crippen LogP contribution in [0.3, 0.4) is 0 Å². The minimum absolute atomic E-state index is 0.130. The molecular formula is C23H25N5O2S2. The van der Waals surface area contributed by atoms with Gasteiger partial charge in [0.2, 0.25) is 11.7 Å². The molecule has 4 aromatic rings. The van der Waals surface area contributed by atoms with Crippen LogP contribution in [-0.2, 0) is 6.42 Å². The largest absolute Gasteiger partial charge is 0.339 e. The number of fused-ring (bicyclic) bond motifs is 1. The first kappa shape index (κ1) is 21.3. The molecule has 7 nitrogen and oxygen atoms in total. The third-order valence-electron chi connectivity index (χ3n) is 6.07. The van der Waals surface area contributed by atoms with Gasteiger partial charge in [0.05, 0.1) is 5.39 Å². The molecule has 1 aliphatic rings. The van der Waals surface area contributed by atoms with Gasteiger partial charge in [0, 0.05) is 41.0 Å². The molecule has 1 fully saturated rings. The van der Waals surface area contributed by atoms with Crippen LogP contribution < -0.4 is 5.56 Å². The van der Waals surface area contributed by atoms with E-state index in [9.17, 15) is 4.79 Å². The van der Waals surface area contributed by atoms with Crippen LogP contribution in [0.1, 0.15) is 54.5 Å². The lowest BCUT2D eigenvalue weighted by atomic mass is 10.2. The van der Waals surface area contributed by atoms with Crippen LogP contribution >= 0.6 is 23.1 Å². The number of nitrogens with zero attached hydrogens (tertiary/aromatic N) is 5. The standard InChI is InChI=1S/C23H25N5O2S2/c1-14-15(2)32-21-19(14)22(29)28(17-6-3-4-7-17)23(26-21)31-13-5-8-18-25-20(27-30-18)16-9-11-24-12-10-16/h9-12,17H,3-8,13H2,1-2H3. The van der Waals surface area contributed by atoms with E-state index in [-0.39, 0.29) is 11.6 Å². The number of rotatable bonds is 7. The van der Waals surface area contributed by atoms with Crippen LogP contribution in [0.2, 0.25) is 0 Å². The normalized spacial score (nSPS) is 14.6. The van der Waals surface area contributed by atoms with Gasteiger partial charge < -0.3 is 4.52 Å². The van der Waals surface area contributed by atoms with Crippen molar-refractivity contribution in [2.75, 3.05) is 5.75 Å². The van der Waals surface area contributed by atoms with Gasteiger partial charge >= 0.3 is 0 Å². The number of hydrogen-bond acceptors (Lipinski definition) is 8. The van der Waals surface area contributed by atoms with Gasteiger partial charge in [-0.05, 0) is 50.8 Å². The molecule has 0 saturated heterocycles. The van der Waals surface area contributed by atoms with E-state index in [1.165, 1.54) is 17.7 Å². The Bertz CT molecular complexity index is 1290. The summed E-state index contributed by atoms with van der Waals surface area (Å²) in [5, 5.41) is 5.72. The van der Waals surface area contributed by atoms with E-state index in [2.05, 4.69) is 22.0 Å². The summed E-state index contributed by atoms with van der Waals surface area (Å²) in [4.78, 5) is 28.9. The molecule has 166 valence electrons. The summed E-state index contributed by atoms with van der Waals surface area (Å²) in [6.07, 6.45) is 9.46. The average Bonchev–Trinajstić information content (AvgIpc) is 3.54. The van der Waals surface area contributed by atoms with Gasteiger partial charge in [-0.25, -0.2) is 4.98 Å². The number of thioether (sulfide) groups is 1. The quantitative estimate of drug-likeness (QED) is 0.205. The average molecular weight is 468 g/mol. The molecule has 0 N–H and O–H groups in total. The number of aryl methyl sites for hydroxylation is 3. The fourth-order valence-corrected chi connectivity index (χ4v) is 6.31. The third-order valence-corrected chi connectivity index (χ3v) is 8.21. The van der Waals surface area contributed by atoms with Gasteiger partial charge in [-0.2, -0.15) is 4.98 Å². The van der Waals surface area contributed by atoms with Crippen LogP contribution in [0.5, 0.6) is 0 Å². The third kappa shape index (κ3) is 4.11. The molecule has 0 aromatic carbocycles. The first-order valence-corrected chi connectivity index (χ1v) is 12.8. The second kappa shape index (κ2) is 9.15. The number of aromatic nitrogens is 5. The summed E-state index contributed by atoms with van der Waals surface area (Å²) in [6, 6.07) is 3.99. The van der Waals surface area contributed by atoms with E-state index >= 15 is 0 Å². The lowest BCUT2D eigenvalue weighted by Gasteiger charge is -2.18. The van der Waals surface area contributed by atoms with Gasteiger partial charge in [0.25, 0.3) is 5.56 Å². The molecular weight excluding hydrogens is 442 g/mol. The van der Waals surface area contributed by atoms with Gasteiger partial charge in [-0.3, -0.25) is 14.3 Å². The van der Waals surface area contributed by atoms with Crippen molar-refractivity contribution in [3.63, 3.8) is 0 Å². The van der Waals surface area contributed by atoms with Crippen molar-refractivity contribution in [1.82, 2.24) is 24.7 Å². The summed E-state index contributed by atoms with van der Waals surface area (Å²) >= 11 is 3.28. The zero-order valence-electron chi connectivity index (χ0n) is 18.2. The van der Waals surface area contributed by atoms with Crippen LogP contribution in [0, 0.1) is 13.8 Å².